The van der Waals surface area contributed by atoms with Gasteiger partial charge in [-0.25, -0.2) is 18.2 Å². The number of nitrogens with one attached hydrogen (secondary N) is 2. The Labute approximate surface area is 121 Å². The second-order valence-electron chi connectivity index (χ2n) is 4.16. The van der Waals surface area contributed by atoms with Gasteiger partial charge in [-0.15, -0.1) is 0 Å². The zero-order valence-corrected chi connectivity index (χ0v) is 12.8. The van der Waals surface area contributed by atoms with Gasteiger partial charge >= 0.3 is 6.09 Å². The van der Waals surface area contributed by atoms with Gasteiger partial charge < -0.3 is 10.1 Å². The average molecular weight is 320 g/mol. The molecular formula is C10H16N4O4S2. The molecule has 1 saturated heterocycles. The van der Waals surface area contributed by atoms with Crippen molar-refractivity contribution in [2.24, 2.45) is 0 Å². The standard InChI is InChI=1S/C10H16N4O4S2/c1-7-8(19-9(12-7)13-10(15)18-2)20(16,17)14-5-3-11-4-6-14/h11H,3-6H2,1-2H3,(H,12,13,15). The highest BCUT2D eigenvalue weighted by Gasteiger charge is 2.30. The zero-order chi connectivity index (χ0) is 14.8. The summed E-state index contributed by atoms with van der Waals surface area (Å²) in [6.45, 7) is 3.72. The highest BCUT2D eigenvalue weighted by molar-refractivity contribution is 7.91. The van der Waals surface area contributed by atoms with Gasteiger partial charge in [0.15, 0.2) is 9.34 Å². The second-order valence-corrected chi connectivity index (χ2v) is 7.29. The number of rotatable bonds is 3. The van der Waals surface area contributed by atoms with Crippen LogP contribution in [-0.2, 0) is 14.8 Å². The van der Waals surface area contributed by atoms with Crippen molar-refractivity contribution in [2.75, 3.05) is 38.6 Å². The van der Waals surface area contributed by atoms with Gasteiger partial charge in [0, 0.05) is 26.2 Å². The Morgan fingerprint density at radius 3 is 2.70 bits per heavy atom. The van der Waals surface area contributed by atoms with E-state index in [2.05, 4.69) is 20.4 Å². The molecule has 1 aromatic heterocycles. The molecule has 20 heavy (non-hydrogen) atoms. The molecule has 0 atom stereocenters. The largest absolute Gasteiger partial charge is 0.453 e. The van der Waals surface area contributed by atoms with Crippen LogP contribution >= 0.6 is 11.3 Å². The van der Waals surface area contributed by atoms with Gasteiger partial charge in [-0.3, -0.25) is 5.32 Å². The van der Waals surface area contributed by atoms with Gasteiger partial charge in [0.1, 0.15) is 0 Å². The molecule has 1 aliphatic heterocycles. The first-order valence-electron chi connectivity index (χ1n) is 5.98. The maximum absolute atomic E-state index is 12.5. The van der Waals surface area contributed by atoms with E-state index in [0.717, 1.165) is 11.3 Å². The number of anilines is 1. The Morgan fingerprint density at radius 2 is 2.10 bits per heavy atom. The Morgan fingerprint density at radius 1 is 1.45 bits per heavy atom. The number of sulfonamides is 1. The molecular weight excluding hydrogens is 304 g/mol. The molecule has 0 radical (unpaired) electrons. The molecule has 0 unspecified atom stereocenters. The number of methoxy groups -OCH3 is 1. The van der Waals surface area contributed by atoms with Crippen LogP contribution in [0.1, 0.15) is 5.69 Å². The number of aryl methyl sites for hydroxylation is 1. The maximum atomic E-state index is 12.5. The first-order valence-corrected chi connectivity index (χ1v) is 8.24. The van der Waals surface area contributed by atoms with E-state index in [-0.39, 0.29) is 9.34 Å². The molecule has 0 saturated carbocycles. The van der Waals surface area contributed by atoms with E-state index in [0.29, 0.717) is 31.9 Å². The van der Waals surface area contributed by atoms with Crippen molar-refractivity contribution in [1.82, 2.24) is 14.6 Å². The summed E-state index contributed by atoms with van der Waals surface area (Å²) in [5.41, 5.74) is 0.375. The monoisotopic (exact) mass is 320 g/mol. The summed E-state index contributed by atoms with van der Waals surface area (Å²) >= 11 is 0.931. The molecule has 10 heteroatoms. The van der Waals surface area contributed by atoms with E-state index < -0.39 is 16.1 Å². The molecule has 2 rings (SSSR count). The third-order valence-electron chi connectivity index (χ3n) is 2.80. The Hall–Kier alpha value is -1.23. The van der Waals surface area contributed by atoms with Crippen LogP contribution in [0, 0.1) is 6.92 Å². The van der Waals surface area contributed by atoms with Crippen molar-refractivity contribution < 1.29 is 17.9 Å². The van der Waals surface area contributed by atoms with Crippen LogP contribution in [0.3, 0.4) is 0 Å². The number of aromatic nitrogens is 1. The quantitative estimate of drug-likeness (QED) is 0.826. The minimum Gasteiger partial charge on any atom is -0.453 e. The summed E-state index contributed by atoms with van der Waals surface area (Å²) in [6, 6.07) is 0. The van der Waals surface area contributed by atoms with E-state index in [1.54, 1.807) is 6.92 Å². The summed E-state index contributed by atoms with van der Waals surface area (Å²) in [6.07, 6.45) is -0.676. The zero-order valence-electron chi connectivity index (χ0n) is 11.2. The number of amides is 1. The smallest absolute Gasteiger partial charge is 0.413 e. The fraction of sp³-hybridized carbons (Fsp3) is 0.600. The summed E-state index contributed by atoms with van der Waals surface area (Å²) in [5, 5.41) is 5.69. The summed E-state index contributed by atoms with van der Waals surface area (Å²) in [5.74, 6) is 0. The molecule has 0 aromatic carbocycles. The first kappa shape index (κ1) is 15.2. The topological polar surface area (TPSA) is 101 Å². The van der Waals surface area contributed by atoms with Crippen LogP contribution in [0.15, 0.2) is 4.21 Å². The molecule has 0 bridgehead atoms. The van der Waals surface area contributed by atoms with Crippen LogP contribution in [0.2, 0.25) is 0 Å². The summed E-state index contributed by atoms with van der Waals surface area (Å²) in [7, 11) is -2.33. The lowest BCUT2D eigenvalue weighted by Gasteiger charge is -2.25. The van der Waals surface area contributed by atoms with Gasteiger partial charge in [0.2, 0.25) is 0 Å². The fourth-order valence-corrected chi connectivity index (χ4v) is 4.79. The molecule has 8 nitrogen and oxygen atoms in total. The molecule has 112 valence electrons. The lowest BCUT2D eigenvalue weighted by atomic mass is 10.4. The van der Waals surface area contributed by atoms with Gasteiger partial charge in [-0.1, -0.05) is 11.3 Å². The van der Waals surface area contributed by atoms with Gasteiger partial charge in [0.25, 0.3) is 10.0 Å². The lowest BCUT2D eigenvalue weighted by molar-refractivity contribution is 0.187. The molecule has 0 spiro atoms. The van der Waals surface area contributed by atoms with E-state index >= 15 is 0 Å². The van der Waals surface area contributed by atoms with Gasteiger partial charge in [0.05, 0.1) is 12.8 Å². The normalized spacial score (nSPS) is 16.9. The van der Waals surface area contributed by atoms with Crippen LogP contribution in [-0.4, -0.2) is 57.1 Å². The fourth-order valence-electron chi connectivity index (χ4n) is 1.82. The number of nitrogens with zero attached hydrogens (tertiary/aromatic N) is 2. The lowest BCUT2D eigenvalue weighted by Crippen LogP contribution is -2.46. The van der Waals surface area contributed by atoms with Crippen molar-refractivity contribution in [3.63, 3.8) is 0 Å². The molecule has 1 aromatic rings. The Balaban J connectivity index is 2.25. The SMILES string of the molecule is COC(=O)Nc1nc(C)c(S(=O)(=O)N2CCNCC2)s1. The molecule has 1 aliphatic rings. The molecule has 1 amide bonds. The molecule has 0 aliphatic carbocycles. The van der Waals surface area contributed by atoms with Crippen molar-refractivity contribution in [2.45, 2.75) is 11.1 Å². The number of piperazine rings is 1. The third-order valence-corrected chi connectivity index (χ3v) is 6.36. The summed E-state index contributed by atoms with van der Waals surface area (Å²) < 4.78 is 31.0. The van der Waals surface area contributed by atoms with Crippen molar-refractivity contribution >= 4 is 32.6 Å². The predicted octanol–water partition coefficient (Wildman–Crippen LogP) is 0.224. The predicted molar refractivity (Wildman–Crippen MR) is 74.5 cm³/mol. The Bertz CT molecular complexity index is 592. The van der Waals surface area contributed by atoms with E-state index in [9.17, 15) is 13.2 Å². The number of hydrogen-bond acceptors (Lipinski definition) is 7. The third kappa shape index (κ3) is 3.08. The minimum absolute atomic E-state index is 0.158. The highest BCUT2D eigenvalue weighted by Crippen LogP contribution is 2.29. The minimum atomic E-state index is -3.56. The number of carbonyl (C=O) groups excluding carboxylic acids is 1. The average Bonchev–Trinajstić information content (AvgIpc) is 2.81. The molecule has 2 heterocycles. The van der Waals surface area contributed by atoms with E-state index in [4.69, 9.17) is 0 Å². The molecule has 1 fully saturated rings. The molecule has 2 N–H and O–H groups in total. The second kappa shape index (κ2) is 6.04. The number of carbonyl (C=O) groups is 1. The number of ether oxygens (including phenoxy) is 1. The van der Waals surface area contributed by atoms with Crippen molar-refractivity contribution in [3.8, 4) is 0 Å². The first-order chi connectivity index (χ1) is 9.45. The number of thiazole rings is 1. The van der Waals surface area contributed by atoms with Gasteiger partial charge in [-0.2, -0.15) is 4.31 Å². The van der Waals surface area contributed by atoms with Crippen LogP contribution < -0.4 is 10.6 Å². The maximum Gasteiger partial charge on any atom is 0.413 e. The van der Waals surface area contributed by atoms with Crippen molar-refractivity contribution in [1.29, 1.82) is 0 Å². The van der Waals surface area contributed by atoms with Crippen molar-refractivity contribution in [3.05, 3.63) is 5.69 Å². The van der Waals surface area contributed by atoms with Crippen LogP contribution in [0.25, 0.3) is 0 Å². The van der Waals surface area contributed by atoms with E-state index in [1.165, 1.54) is 11.4 Å². The van der Waals surface area contributed by atoms with Crippen LogP contribution in [0.4, 0.5) is 9.93 Å². The summed E-state index contributed by atoms with van der Waals surface area (Å²) in [4.78, 5) is 15.2. The Kier molecular flexibility index (Phi) is 4.58. The number of hydrogen-bond donors (Lipinski definition) is 2. The van der Waals surface area contributed by atoms with Gasteiger partial charge in [-0.05, 0) is 6.92 Å². The highest BCUT2D eigenvalue weighted by atomic mass is 32.2. The van der Waals surface area contributed by atoms with E-state index in [1.807, 2.05) is 0 Å². The van der Waals surface area contributed by atoms with Crippen LogP contribution in [0.5, 0.6) is 0 Å².